The Hall–Kier alpha value is -4.74. The second-order valence-electron chi connectivity index (χ2n) is 10.0. The van der Waals surface area contributed by atoms with E-state index in [4.69, 9.17) is 0 Å². The van der Waals surface area contributed by atoms with Gasteiger partial charge in [0.15, 0.2) is 0 Å². The molecule has 4 aromatic carbocycles. The maximum absolute atomic E-state index is 14.3. The summed E-state index contributed by atoms with van der Waals surface area (Å²) in [4.78, 5) is 11.7. The van der Waals surface area contributed by atoms with E-state index in [-0.39, 0.29) is 16.4 Å². The molecule has 1 fully saturated rings. The maximum Gasteiger partial charge on any atom is 0.307 e. The summed E-state index contributed by atoms with van der Waals surface area (Å²) in [5, 5.41) is 20.0. The van der Waals surface area contributed by atoms with E-state index in [1.54, 1.807) is 60.7 Å². The molecule has 6 rings (SSSR count). The van der Waals surface area contributed by atoms with Gasteiger partial charge in [0, 0.05) is 22.1 Å². The van der Waals surface area contributed by atoms with Crippen molar-refractivity contribution in [2.24, 2.45) is 5.92 Å². The average Bonchev–Trinajstić information content (AvgIpc) is 3.69. The molecule has 1 heterocycles. The summed E-state index contributed by atoms with van der Waals surface area (Å²) in [6.45, 7) is 1.87. The minimum atomic E-state index is -4.15. The molecule has 0 radical (unpaired) electrons. The van der Waals surface area contributed by atoms with Crippen LogP contribution in [0.4, 0.5) is 4.39 Å². The van der Waals surface area contributed by atoms with E-state index < -0.39 is 27.7 Å². The largest absolute Gasteiger partial charge is 0.481 e. The summed E-state index contributed by atoms with van der Waals surface area (Å²) in [7, 11) is -4.15. The fourth-order valence-corrected chi connectivity index (χ4v) is 6.94. The van der Waals surface area contributed by atoms with Crippen LogP contribution in [0.15, 0.2) is 95.9 Å². The van der Waals surface area contributed by atoms with E-state index in [0.29, 0.717) is 39.7 Å². The first-order chi connectivity index (χ1) is 19.2. The van der Waals surface area contributed by atoms with Crippen LogP contribution >= 0.6 is 0 Å². The Balaban J connectivity index is 1.72. The number of rotatable bonds is 6. The number of carboxylic acid groups (broad SMARTS) is 1. The molecule has 1 aliphatic rings. The number of fused-ring (bicyclic) bond motifs is 1. The zero-order chi connectivity index (χ0) is 28.2. The van der Waals surface area contributed by atoms with Gasteiger partial charge in [0.25, 0.3) is 10.0 Å². The highest BCUT2D eigenvalue weighted by Gasteiger charge is 2.44. The molecule has 2 atom stereocenters. The van der Waals surface area contributed by atoms with E-state index in [9.17, 15) is 28.0 Å². The zero-order valence-corrected chi connectivity index (χ0v) is 22.2. The molecule has 5 aromatic rings. The minimum Gasteiger partial charge on any atom is -0.481 e. The second kappa shape index (κ2) is 9.47. The highest BCUT2D eigenvalue weighted by molar-refractivity contribution is 7.90. The quantitative estimate of drug-likeness (QED) is 0.253. The first kappa shape index (κ1) is 25.5. The number of nitriles is 1. The van der Waals surface area contributed by atoms with Gasteiger partial charge in [0.2, 0.25) is 0 Å². The predicted molar refractivity (Wildman–Crippen MR) is 150 cm³/mol. The Morgan fingerprint density at radius 1 is 1.00 bits per heavy atom. The highest BCUT2D eigenvalue weighted by atomic mass is 32.2. The van der Waals surface area contributed by atoms with Crippen LogP contribution in [0, 0.1) is 30.0 Å². The molecule has 0 bridgehead atoms. The molecule has 1 aliphatic carbocycles. The molecule has 0 amide bonds. The summed E-state index contributed by atoms with van der Waals surface area (Å²) in [6, 6.07) is 26.7. The molecular weight excluding hydrogens is 527 g/mol. The SMILES string of the molecule is Cc1ccc(S(=O)(=O)n2c(-c3cccc(C4CC4C(=O)O)c3)c(-c3ccc(F)cc3C#N)c3ccccc32)cc1. The van der Waals surface area contributed by atoms with Gasteiger partial charge in [-0.05, 0) is 61.2 Å². The topological polar surface area (TPSA) is 100 Å². The molecule has 0 spiro atoms. The molecule has 0 saturated heterocycles. The normalized spacial score (nSPS) is 16.5. The first-order valence-electron chi connectivity index (χ1n) is 12.7. The molecule has 1 N–H and O–H groups in total. The standard InChI is InChI=1S/C32H23FN2O4S/c1-19-9-12-24(13-10-19)40(38,39)35-29-8-3-2-7-26(29)30(25-14-11-23(33)16-22(25)18-34)31(35)21-6-4-5-20(15-21)27-17-28(27)32(36)37/h2-16,27-28H,17H2,1H3,(H,36,37). The Bertz CT molecular complexity index is 1970. The van der Waals surface area contributed by atoms with E-state index in [1.165, 1.54) is 16.1 Å². The summed E-state index contributed by atoms with van der Waals surface area (Å²) >= 11 is 0. The van der Waals surface area contributed by atoms with Crippen LogP contribution in [-0.4, -0.2) is 23.5 Å². The van der Waals surface area contributed by atoms with Crippen LogP contribution in [0.25, 0.3) is 33.3 Å². The number of hydrogen-bond acceptors (Lipinski definition) is 4. The van der Waals surface area contributed by atoms with Crippen molar-refractivity contribution in [3.8, 4) is 28.5 Å². The van der Waals surface area contributed by atoms with E-state index >= 15 is 0 Å². The van der Waals surface area contributed by atoms with Crippen molar-refractivity contribution in [2.75, 3.05) is 0 Å². The van der Waals surface area contributed by atoms with Gasteiger partial charge in [-0.25, -0.2) is 16.8 Å². The molecule has 1 aromatic heterocycles. The molecule has 198 valence electrons. The van der Waals surface area contributed by atoms with Crippen molar-refractivity contribution in [1.29, 1.82) is 5.26 Å². The van der Waals surface area contributed by atoms with Crippen LogP contribution in [0.3, 0.4) is 0 Å². The van der Waals surface area contributed by atoms with E-state index in [1.807, 2.05) is 19.1 Å². The lowest BCUT2D eigenvalue weighted by Gasteiger charge is -2.15. The van der Waals surface area contributed by atoms with Crippen molar-refractivity contribution in [2.45, 2.75) is 24.2 Å². The molecule has 2 unspecified atom stereocenters. The van der Waals surface area contributed by atoms with Crippen molar-refractivity contribution in [3.05, 3.63) is 114 Å². The Morgan fingerprint density at radius 2 is 1.75 bits per heavy atom. The molecule has 0 aliphatic heterocycles. The van der Waals surface area contributed by atoms with Gasteiger partial charge in [-0.3, -0.25) is 4.79 Å². The van der Waals surface area contributed by atoms with Gasteiger partial charge in [-0.2, -0.15) is 5.26 Å². The van der Waals surface area contributed by atoms with Crippen LogP contribution in [0.1, 0.15) is 29.0 Å². The number of carbonyl (C=O) groups is 1. The lowest BCUT2D eigenvalue weighted by atomic mass is 9.94. The van der Waals surface area contributed by atoms with E-state index in [2.05, 4.69) is 6.07 Å². The fourth-order valence-electron chi connectivity index (χ4n) is 5.39. The summed E-state index contributed by atoms with van der Waals surface area (Å²) in [6.07, 6.45) is 0.507. The van der Waals surface area contributed by atoms with Crippen LogP contribution < -0.4 is 0 Å². The third kappa shape index (κ3) is 4.16. The summed E-state index contributed by atoms with van der Waals surface area (Å²) in [5.74, 6) is -2.10. The van der Waals surface area contributed by atoms with Gasteiger partial charge in [0.05, 0.1) is 33.7 Å². The van der Waals surface area contributed by atoms with Crippen LogP contribution in [0.2, 0.25) is 0 Å². The van der Waals surface area contributed by atoms with Gasteiger partial charge >= 0.3 is 5.97 Å². The number of aliphatic carboxylic acids is 1. The number of hydrogen-bond donors (Lipinski definition) is 1. The molecular formula is C32H23FN2O4S. The van der Waals surface area contributed by atoms with E-state index in [0.717, 1.165) is 17.2 Å². The Labute approximate surface area is 230 Å². The van der Waals surface area contributed by atoms with Crippen molar-refractivity contribution in [3.63, 3.8) is 0 Å². The second-order valence-corrected chi connectivity index (χ2v) is 11.8. The van der Waals surface area contributed by atoms with Gasteiger partial charge in [-0.15, -0.1) is 0 Å². The smallest absolute Gasteiger partial charge is 0.307 e. The van der Waals surface area contributed by atoms with Crippen LogP contribution in [-0.2, 0) is 14.8 Å². The van der Waals surface area contributed by atoms with Crippen molar-refractivity contribution >= 4 is 26.9 Å². The number of halogens is 1. The third-order valence-corrected chi connectivity index (χ3v) is 9.19. The lowest BCUT2D eigenvalue weighted by molar-refractivity contribution is -0.138. The first-order valence-corrected chi connectivity index (χ1v) is 14.1. The minimum absolute atomic E-state index is 0.0705. The highest BCUT2D eigenvalue weighted by Crippen LogP contribution is 2.49. The third-order valence-electron chi connectivity index (χ3n) is 7.46. The maximum atomic E-state index is 14.3. The summed E-state index contributed by atoms with van der Waals surface area (Å²) in [5.41, 5.74) is 3.91. The number of nitrogens with zero attached hydrogens (tertiary/aromatic N) is 2. The Kier molecular flexibility index (Phi) is 6.05. The van der Waals surface area contributed by atoms with Crippen molar-refractivity contribution in [1.82, 2.24) is 3.97 Å². The number of carboxylic acids is 1. The van der Waals surface area contributed by atoms with Gasteiger partial charge in [-0.1, -0.05) is 60.2 Å². The summed E-state index contributed by atoms with van der Waals surface area (Å²) < 4.78 is 44.1. The zero-order valence-electron chi connectivity index (χ0n) is 21.4. The molecule has 40 heavy (non-hydrogen) atoms. The molecule has 8 heteroatoms. The average molecular weight is 551 g/mol. The lowest BCUT2D eigenvalue weighted by Crippen LogP contribution is -2.14. The number of aryl methyl sites for hydroxylation is 1. The number of para-hydroxylation sites is 1. The number of benzene rings is 4. The molecule has 1 saturated carbocycles. The Morgan fingerprint density at radius 3 is 2.45 bits per heavy atom. The van der Waals surface area contributed by atoms with Gasteiger partial charge in [0.1, 0.15) is 5.82 Å². The van der Waals surface area contributed by atoms with Crippen LogP contribution in [0.5, 0.6) is 0 Å². The molecule has 6 nitrogen and oxygen atoms in total. The fraction of sp³-hybridized carbons (Fsp3) is 0.125. The van der Waals surface area contributed by atoms with Crippen molar-refractivity contribution < 1.29 is 22.7 Å². The monoisotopic (exact) mass is 550 g/mol. The number of aromatic nitrogens is 1. The predicted octanol–water partition coefficient (Wildman–Crippen LogP) is 6.72. The van der Waals surface area contributed by atoms with Gasteiger partial charge < -0.3 is 5.11 Å².